The quantitative estimate of drug-likeness (QED) is 0.797. The molecule has 0 saturated carbocycles. The molecule has 0 spiro atoms. The van der Waals surface area contributed by atoms with E-state index in [0.717, 1.165) is 30.6 Å². The number of piperidine rings is 1. The largest absolute Gasteiger partial charge is 0.383 e. The molecule has 0 radical (unpaired) electrons. The highest BCUT2D eigenvalue weighted by atomic mass is 32.2. The molecule has 2 heterocycles. The van der Waals surface area contributed by atoms with E-state index in [4.69, 9.17) is 4.74 Å². The third-order valence-electron chi connectivity index (χ3n) is 3.36. The number of hydrogen-bond acceptors (Lipinski definition) is 5. The first-order valence-corrected chi connectivity index (χ1v) is 9.24. The smallest absolute Gasteiger partial charge is 0.262 e. The minimum atomic E-state index is -3.57. The molecule has 0 aliphatic carbocycles. The van der Waals surface area contributed by atoms with Crippen LogP contribution in [0, 0.1) is 0 Å². The number of methoxy groups -OCH3 is 1. The maximum Gasteiger partial charge on any atom is 0.262 e. The molecule has 0 bridgehead atoms. The number of sulfonamides is 1. The molecule has 1 aliphatic heterocycles. The van der Waals surface area contributed by atoms with Gasteiger partial charge in [-0.15, -0.1) is 11.3 Å². The van der Waals surface area contributed by atoms with Crippen LogP contribution in [0.15, 0.2) is 16.3 Å². The fourth-order valence-electron chi connectivity index (χ4n) is 2.26. The van der Waals surface area contributed by atoms with Gasteiger partial charge >= 0.3 is 0 Å². The van der Waals surface area contributed by atoms with E-state index in [-0.39, 0.29) is 15.7 Å². The van der Waals surface area contributed by atoms with Crippen LogP contribution in [0.25, 0.3) is 0 Å². The molecule has 6 nitrogen and oxygen atoms in total. The Morgan fingerprint density at radius 3 is 2.76 bits per heavy atom. The number of thiophene rings is 1. The summed E-state index contributed by atoms with van der Waals surface area (Å²) in [6.45, 7) is 1.81. The Bertz CT molecular complexity index is 577. The first kappa shape index (κ1) is 16.4. The maximum absolute atomic E-state index is 12.6. The second-order valence-electron chi connectivity index (χ2n) is 4.83. The lowest BCUT2D eigenvalue weighted by molar-refractivity contribution is 0.0938. The average Bonchev–Trinajstić information content (AvgIpc) is 2.98. The van der Waals surface area contributed by atoms with Crippen LogP contribution in [0.5, 0.6) is 0 Å². The van der Waals surface area contributed by atoms with Crippen molar-refractivity contribution in [2.24, 2.45) is 0 Å². The molecule has 2 rings (SSSR count). The second kappa shape index (κ2) is 7.35. The molecule has 1 amide bonds. The van der Waals surface area contributed by atoms with Gasteiger partial charge in [-0.05, 0) is 24.3 Å². The molecule has 1 fully saturated rings. The van der Waals surface area contributed by atoms with Gasteiger partial charge in [-0.25, -0.2) is 8.42 Å². The molecule has 1 aromatic rings. The van der Waals surface area contributed by atoms with Crippen LogP contribution in [0.2, 0.25) is 0 Å². The molecular formula is C13H20N2O4S2. The van der Waals surface area contributed by atoms with Crippen LogP contribution < -0.4 is 5.32 Å². The van der Waals surface area contributed by atoms with E-state index >= 15 is 0 Å². The average molecular weight is 332 g/mol. The van der Waals surface area contributed by atoms with E-state index in [1.165, 1.54) is 10.4 Å². The summed E-state index contributed by atoms with van der Waals surface area (Å²) in [5.41, 5.74) is 0. The van der Waals surface area contributed by atoms with Crippen LogP contribution in [-0.2, 0) is 14.8 Å². The number of hydrogen-bond donors (Lipinski definition) is 1. The van der Waals surface area contributed by atoms with Gasteiger partial charge in [0.2, 0.25) is 10.0 Å². The molecule has 21 heavy (non-hydrogen) atoms. The fourth-order valence-corrected chi connectivity index (χ4v) is 5.09. The molecule has 1 N–H and O–H groups in total. The highest BCUT2D eigenvalue weighted by molar-refractivity contribution is 7.89. The lowest BCUT2D eigenvalue weighted by atomic mass is 10.2. The Labute approximate surface area is 129 Å². The van der Waals surface area contributed by atoms with E-state index in [1.807, 2.05) is 0 Å². The van der Waals surface area contributed by atoms with Crippen LogP contribution in [0.1, 0.15) is 28.9 Å². The number of nitrogens with one attached hydrogen (secondary N) is 1. The zero-order valence-electron chi connectivity index (χ0n) is 12.0. The summed E-state index contributed by atoms with van der Waals surface area (Å²) in [6, 6.07) is 1.51. The third kappa shape index (κ3) is 3.82. The predicted molar refractivity (Wildman–Crippen MR) is 81.1 cm³/mol. The molecule has 118 valence electrons. The SMILES string of the molecule is COCCNC(=O)c1sccc1S(=O)(=O)N1CCCCC1. The highest BCUT2D eigenvalue weighted by Crippen LogP contribution is 2.27. The van der Waals surface area contributed by atoms with Crippen molar-refractivity contribution in [3.05, 3.63) is 16.3 Å². The lowest BCUT2D eigenvalue weighted by Crippen LogP contribution is -2.36. The number of carbonyl (C=O) groups is 1. The number of nitrogens with zero attached hydrogens (tertiary/aromatic N) is 1. The molecule has 1 aromatic heterocycles. The lowest BCUT2D eigenvalue weighted by Gasteiger charge is -2.25. The monoisotopic (exact) mass is 332 g/mol. The fraction of sp³-hybridized carbons (Fsp3) is 0.615. The van der Waals surface area contributed by atoms with Gasteiger partial charge < -0.3 is 10.1 Å². The number of rotatable bonds is 6. The van der Waals surface area contributed by atoms with Crippen molar-refractivity contribution in [2.75, 3.05) is 33.4 Å². The van der Waals surface area contributed by atoms with Gasteiger partial charge in [-0.3, -0.25) is 4.79 Å². The summed E-state index contributed by atoms with van der Waals surface area (Å²) in [7, 11) is -2.03. The maximum atomic E-state index is 12.6. The normalized spacial score (nSPS) is 16.8. The van der Waals surface area contributed by atoms with Crippen molar-refractivity contribution < 1.29 is 17.9 Å². The number of amides is 1. The molecule has 1 saturated heterocycles. The van der Waals surface area contributed by atoms with E-state index in [1.54, 1.807) is 12.5 Å². The summed E-state index contributed by atoms with van der Waals surface area (Å²) in [4.78, 5) is 12.5. The summed E-state index contributed by atoms with van der Waals surface area (Å²) < 4.78 is 31.6. The zero-order valence-corrected chi connectivity index (χ0v) is 13.6. The van der Waals surface area contributed by atoms with Gasteiger partial charge in [-0.2, -0.15) is 4.31 Å². The zero-order chi connectivity index (χ0) is 15.3. The Morgan fingerprint density at radius 1 is 1.38 bits per heavy atom. The van der Waals surface area contributed by atoms with Crippen LogP contribution in [0.3, 0.4) is 0 Å². The van der Waals surface area contributed by atoms with Crippen molar-refractivity contribution in [3.63, 3.8) is 0 Å². The van der Waals surface area contributed by atoms with E-state index in [0.29, 0.717) is 26.2 Å². The standard InChI is InChI=1S/C13H20N2O4S2/c1-19-9-6-14-13(16)12-11(5-10-20-12)21(17,18)15-7-3-2-4-8-15/h5,10H,2-4,6-9H2,1H3,(H,14,16). The van der Waals surface area contributed by atoms with Crippen molar-refractivity contribution in [3.8, 4) is 0 Å². The number of ether oxygens (including phenoxy) is 1. The Kier molecular flexibility index (Phi) is 5.74. The van der Waals surface area contributed by atoms with Crippen molar-refractivity contribution >= 4 is 27.3 Å². The highest BCUT2D eigenvalue weighted by Gasteiger charge is 2.30. The first-order valence-electron chi connectivity index (χ1n) is 6.92. The topological polar surface area (TPSA) is 75.7 Å². The Hall–Kier alpha value is -0.960. The van der Waals surface area contributed by atoms with E-state index in [2.05, 4.69) is 5.32 Å². The van der Waals surface area contributed by atoms with Gasteiger partial charge in [-0.1, -0.05) is 6.42 Å². The number of carbonyl (C=O) groups excluding carboxylic acids is 1. The second-order valence-corrected chi connectivity index (χ2v) is 7.65. The molecular weight excluding hydrogens is 312 g/mol. The van der Waals surface area contributed by atoms with Crippen LogP contribution in [0.4, 0.5) is 0 Å². The summed E-state index contributed by atoms with van der Waals surface area (Å²) in [5.74, 6) is -0.363. The third-order valence-corrected chi connectivity index (χ3v) is 6.34. The summed E-state index contributed by atoms with van der Waals surface area (Å²) in [6.07, 6.45) is 2.80. The van der Waals surface area contributed by atoms with Crippen LogP contribution >= 0.6 is 11.3 Å². The summed E-state index contributed by atoms with van der Waals surface area (Å²) >= 11 is 1.15. The van der Waals surface area contributed by atoms with E-state index in [9.17, 15) is 13.2 Å². The molecule has 0 aromatic carbocycles. The van der Waals surface area contributed by atoms with Gasteiger partial charge in [0.25, 0.3) is 5.91 Å². The molecule has 0 unspecified atom stereocenters. The van der Waals surface area contributed by atoms with Crippen molar-refractivity contribution in [1.29, 1.82) is 0 Å². The molecule has 8 heteroatoms. The van der Waals surface area contributed by atoms with Gasteiger partial charge in [0.05, 0.1) is 6.61 Å². The first-order chi connectivity index (χ1) is 10.1. The Balaban J connectivity index is 2.16. The Morgan fingerprint density at radius 2 is 2.10 bits per heavy atom. The van der Waals surface area contributed by atoms with Crippen LogP contribution in [-0.4, -0.2) is 52.0 Å². The van der Waals surface area contributed by atoms with Gasteiger partial charge in [0.15, 0.2) is 0 Å². The van der Waals surface area contributed by atoms with Gasteiger partial charge in [0.1, 0.15) is 9.77 Å². The molecule has 0 atom stereocenters. The summed E-state index contributed by atoms with van der Waals surface area (Å²) in [5, 5.41) is 4.31. The van der Waals surface area contributed by atoms with Gasteiger partial charge in [0, 0.05) is 26.7 Å². The predicted octanol–water partition coefficient (Wildman–Crippen LogP) is 1.30. The minimum Gasteiger partial charge on any atom is -0.383 e. The van der Waals surface area contributed by atoms with E-state index < -0.39 is 10.0 Å². The van der Waals surface area contributed by atoms with Crippen molar-refractivity contribution in [1.82, 2.24) is 9.62 Å². The minimum absolute atomic E-state index is 0.115. The molecule has 1 aliphatic rings. The van der Waals surface area contributed by atoms with Crippen molar-refractivity contribution in [2.45, 2.75) is 24.2 Å².